The molecule has 2 amide bonds. The molecule has 27 heavy (non-hydrogen) atoms. The van der Waals surface area contributed by atoms with Crippen molar-refractivity contribution in [3.05, 3.63) is 59.5 Å². The van der Waals surface area contributed by atoms with Gasteiger partial charge in [0.1, 0.15) is 11.5 Å². The van der Waals surface area contributed by atoms with Crippen LogP contribution in [0.3, 0.4) is 0 Å². The van der Waals surface area contributed by atoms with E-state index < -0.39 is 0 Å². The van der Waals surface area contributed by atoms with Gasteiger partial charge in [-0.3, -0.25) is 4.79 Å². The number of amides is 2. The third-order valence-corrected chi connectivity index (χ3v) is 4.36. The fraction of sp³-hybridized carbons (Fsp3) is 0.100. The molecule has 1 aliphatic heterocycles. The number of hydrogen-bond donors (Lipinski definition) is 3. The van der Waals surface area contributed by atoms with Crippen LogP contribution in [0.4, 0.5) is 10.5 Å². The lowest BCUT2D eigenvalue weighted by atomic mass is 10.1. The van der Waals surface area contributed by atoms with Gasteiger partial charge in [0, 0.05) is 35.4 Å². The van der Waals surface area contributed by atoms with Gasteiger partial charge >= 0.3 is 6.03 Å². The molecule has 0 saturated carbocycles. The van der Waals surface area contributed by atoms with Gasteiger partial charge in [0.05, 0.1) is 12.7 Å². The van der Waals surface area contributed by atoms with Crippen LogP contribution in [-0.4, -0.2) is 31.0 Å². The highest BCUT2D eigenvalue weighted by Gasteiger charge is 2.28. The van der Waals surface area contributed by atoms with Gasteiger partial charge in [-0.05, 0) is 42.5 Å². The lowest BCUT2D eigenvalue weighted by molar-refractivity contribution is 0.101. The Morgan fingerprint density at radius 1 is 1.22 bits per heavy atom. The number of carbonyl (C=O) groups is 2. The van der Waals surface area contributed by atoms with Crippen LogP contribution < -0.4 is 20.1 Å². The van der Waals surface area contributed by atoms with E-state index in [1.54, 1.807) is 31.4 Å². The van der Waals surface area contributed by atoms with Crippen LogP contribution in [0.5, 0.6) is 11.5 Å². The van der Waals surface area contributed by atoms with E-state index in [0.717, 1.165) is 22.2 Å². The maximum atomic E-state index is 12.7. The van der Waals surface area contributed by atoms with E-state index in [2.05, 4.69) is 15.6 Å². The van der Waals surface area contributed by atoms with Crippen molar-refractivity contribution in [2.24, 2.45) is 0 Å². The average Bonchev–Trinajstić information content (AvgIpc) is 3.23. The molecule has 1 aromatic heterocycles. The topological polar surface area (TPSA) is 92.5 Å². The number of anilines is 1. The summed E-state index contributed by atoms with van der Waals surface area (Å²) in [4.78, 5) is 27.4. The van der Waals surface area contributed by atoms with Crippen LogP contribution >= 0.6 is 0 Å². The molecule has 0 saturated heterocycles. The zero-order valence-electron chi connectivity index (χ0n) is 14.8. The number of H-pyrrole nitrogens is 1. The molecule has 0 atom stereocenters. The highest BCUT2D eigenvalue weighted by atomic mass is 16.5. The Kier molecular flexibility index (Phi) is 4.04. The Balaban J connectivity index is 1.67. The molecule has 0 unspecified atom stereocenters. The van der Waals surface area contributed by atoms with Gasteiger partial charge in [-0.15, -0.1) is 0 Å². The fourth-order valence-electron chi connectivity index (χ4n) is 2.97. The molecule has 1 aliphatic rings. The molecule has 136 valence electrons. The number of Topliss-reactive ketones (excluding diaryl/α,β-unsaturated/α-hetero) is 1. The van der Waals surface area contributed by atoms with E-state index in [-0.39, 0.29) is 17.6 Å². The molecule has 0 spiro atoms. The minimum Gasteiger partial charge on any atom is -0.497 e. The number of fused-ring (bicyclic) bond motifs is 2. The molecule has 7 heteroatoms. The van der Waals surface area contributed by atoms with Gasteiger partial charge < -0.3 is 25.1 Å². The second kappa shape index (κ2) is 6.53. The van der Waals surface area contributed by atoms with Gasteiger partial charge in [-0.25, -0.2) is 4.79 Å². The highest BCUT2D eigenvalue weighted by molar-refractivity contribution is 6.15. The summed E-state index contributed by atoms with van der Waals surface area (Å²) in [6, 6.07) is 10.3. The van der Waals surface area contributed by atoms with Crippen molar-refractivity contribution in [1.29, 1.82) is 0 Å². The molecule has 0 radical (unpaired) electrons. The van der Waals surface area contributed by atoms with Crippen molar-refractivity contribution in [2.75, 3.05) is 19.5 Å². The standard InChI is InChI=1S/C20H17N3O4/c1-21-20(25)23-12-3-6-17-15(8-12)19(24)18(27-17)7-11-10-22-16-5-4-13(26-2)9-14(11)16/h3-10,22H,1-2H3,(H2,21,23,25). The SMILES string of the molecule is CNC(=O)Nc1ccc2c(c1)C(=O)C(=Cc1c[nH]c3ccc(OC)cc13)O2. The number of aromatic amines is 1. The lowest BCUT2D eigenvalue weighted by Crippen LogP contribution is -2.24. The van der Waals surface area contributed by atoms with Crippen LogP contribution in [0.15, 0.2) is 48.4 Å². The molecule has 0 fully saturated rings. The molecule has 2 aromatic carbocycles. The van der Waals surface area contributed by atoms with Crippen molar-refractivity contribution in [2.45, 2.75) is 0 Å². The number of carbonyl (C=O) groups excluding carboxylic acids is 2. The molecule has 4 rings (SSSR count). The van der Waals surface area contributed by atoms with Crippen molar-refractivity contribution in [3.63, 3.8) is 0 Å². The Hall–Kier alpha value is -3.74. The summed E-state index contributed by atoms with van der Waals surface area (Å²) in [7, 11) is 3.13. The normalized spacial score (nSPS) is 14.1. The van der Waals surface area contributed by atoms with Crippen molar-refractivity contribution in [1.82, 2.24) is 10.3 Å². The molecule has 2 heterocycles. The van der Waals surface area contributed by atoms with E-state index >= 15 is 0 Å². The number of methoxy groups -OCH3 is 1. The number of allylic oxidation sites excluding steroid dienone is 1. The minimum absolute atomic E-state index is 0.228. The first kappa shape index (κ1) is 16.7. The monoisotopic (exact) mass is 363 g/mol. The Morgan fingerprint density at radius 3 is 2.85 bits per heavy atom. The van der Waals surface area contributed by atoms with Crippen LogP contribution in [-0.2, 0) is 0 Å². The number of nitrogens with one attached hydrogen (secondary N) is 3. The first-order valence-electron chi connectivity index (χ1n) is 8.31. The Labute approximate surface area is 155 Å². The summed E-state index contributed by atoms with van der Waals surface area (Å²) in [5, 5.41) is 6.04. The summed E-state index contributed by atoms with van der Waals surface area (Å²) in [5.41, 5.74) is 2.68. The first-order valence-corrected chi connectivity index (χ1v) is 8.31. The molecular weight excluding hydrogens is 346 g/mol. The number of benzene rings is 2. The minimum atomic E-state index is -0.357. The highest BCUT2D eigenvalue weighted by Crippen LogP contribution is 2.35. The Morgan fingerprint density at radius 2 is 2.07 bits per heavy atom. The van der Waals surface area contributed by atoms with E-state index in [1.165, 1.54) is 7.05 Å². The Bertz CT molecular complexity index is 1100. The fourth-order valence-corrected chi connectivity index (χ4v) is 2.97. The quantitative estimate of drug-likeness (QED) is 0.621. The van der Waals surface area contributed by atoms with E-state index in [1.807, 2.05) is 24.4 Å². The zero-order chi connectivity index (χ0) is 19.0. The zero-order valence-corrected chi connectivity index (χ0v) is 14.8. The third kappa shape index (κ3) is 2.99. The van der Waals surface area contributed by atoms with E-state index in [9.17, 15) is 9.59 Å². The van der Waals surface area contributed by atoms with Gasteiger partial charge in [0.15, 0.2) is 5.76 Å². The number of hydrogen-bond acceptors (Lipinski definition) is 4. The molecule has 7 nitrogen and oxygen atoms in total. The van der Waals surface area contributed by atoms with Gasteiger partial charge in [0.2, 0.25) is 5.78 Å². The first-order chi connectivity index (χ1) is 13.1. The second-order valence-electron chi connectivity index (χ2n) is 6.01. The number of aromatic nitrogens is 1. The molecule has 3 aromatic rings. The van der Waals surface area contributed by atoms with Crippen LogP contribution in [0.25, 0.3) is 17.0 Å². The number of ketones is 1. The maximum Gasteiger partial charge on any atom is 0.318 e. The third-order valence-electron chi connectivity index (χ3n) is 4.36. The number of rotatable bonds is 3. The smallest absolute Gasteiger partial charge is 0.318 e. The summed E-state index contributed by atoms with van der Waals surface area (Å²) in [5.74, 6) is 1.19. The predicted octanol–water partition coefficient (Wildman–Crippen LogP) is 3.54. The number of urea groups is 1. The predicted molar refractivity (Wildman–Crippen MR) is 102 cm³/mol. The summed E-state index contributed by atoms with van der Waals surface area (Å²) in [6.45, 7) is 0. The van der Waals surface area contributed by atoms with Crippen molar-refractivity contribution < 1.29 is 19.1 Å². The average molecular weight is 363 g/mol. The van der Waals surface area contributed by atoms with Crippen molar-refractivity contribution >= 4 is 34.5 Å². The van der Waals surface area contributed by atoms with Crippen LogP contribution in [0.2, 0.25) is 0 Å². The summed E-state index contributed by atoms with van der Waals surface area (Å²) in [6.07, 6.45) is 3.52. The lowest BCUT2D eigenvalue weighted by Gasteiger charge is -2.04. The van der Waals surface area contributed by atoms with Gasteiger partial charge in [-0.1, -0.05) is 0 Å². The summed E-state index contributed by atoms with van der Waals surface area (Å²) < 4.78 is 11.0. The largest absolute Gasteiger partial charge is 0.497 e. The molecule has 3 N–H and O–H groups in total. The summed E-state index contributed by atoms with van der Waals surface area (Å²) >= 11 is 0. The maximum absolute atomic E-state index is 12.7. The molecule has 0 bridgehead atoms. The van der Waals surface area contributed by atoms with E-state index in [4.69, 9.17) is 9.47 Å². The number of ether oxygens (including phenoxy) is 2. The van der Waals surface area contributed by atoms with Crippen LogP contribution in [0.1, 0.15) is 15.9 Å². The van der Waals surface area contributed by atoms with E-state index in [0.29, 0.717) is 17.0 Å². The molecular formula is C20H17N3O4. The van der Waals surface area contributed by atoms with Crippen molar-refractivity contribution in [3.8, 4) is 11.5 Å². The second-order valence-corrected chi connectivity index (χ2v) is 6.01. The molecule has 0 aliphatic carbocycles. The van der Waals surface area contributed by atoms with Gasteiger partial charge in [0.25, 0.3) is 0 Å². The van der Waals surface area contributed by atoms with Crippen LogP contribution in [0, 0.1) is 0 Å². The van der Waals surface area contributed by atoms with Gasteiger partial charge in [-0.2, -0.15) is 0 Å².